The van der Waals surface area contributed by atoms with Gasteiger partial charge in [0.25, 0.3) is 0 Å². The molecule has 1 atom stereocenters. The third-order valence-electron chi connectivity index (χ3n) is 4.63. The maximum Gasteiger partial charge on any atom is 0.224 e. The van der Waals surface area contributed by atoms with Gasteiger partial charge in [0.2, 0.25) is 5.91 Å². The van der Waals surface area contributed by atoms with Gasteiger partial charge in [-0.1, -0.05) is 43.3 Å². The van der Waals surface area contributed by atoms with Crippen molar-refractivity contribution < 1.29 is 4.79 Å². The van der Waals surface area contributed by atoms with Gasteiger partial charge in [-0.3, -0.25) is 4.79 Å². The molecule has 1 fully saturated rings. The molecule has 0 unspecified atom stereocenters. The third kappa shape index (κ3) is 5.45. The van der Waals surface area contributed by atoms with Crippen molar-refractivity contribution in [1.29, 1.82) is 0 Å². The van der Waals surface area contributed by atoms with Gasteiger partial charge in [0, 0.05) is 36.9 Å². The van der Waals surface area contributed by atoms with E-state index in [1.807, 2.05) is 0 Å². The molecular weight excluding hydrogens is 356 g/mol. The number of aryl methyl sites for hydroxylation is 1. The monoisotopic (exact) mass is 384 g/mol. The smallest absolute Gasteiger partial charge is 0.224 e. The van der Waals surface area contributed by atoms with E-state index in [0.717, 1.165) is 41.7 Å². The second-order valence-corrected chi connectivity index (χ2v) is 8.59. The van der Waals surface area contributed by atoms with Crippen LogP contribution in [0.15, 0.2) is 46.6 Å². The first-order valence-corrected chi connectivity index (χ1v) is 10.4. The van der Waals surface area contributed by atoms with E-state index in [1.165, 1.54) is 5.56 Å². The number of carbonyl (C=O) groups is 1. The Labute approximate surface area is 166 Å². The molecule has 1 saturated heterocycles. The average Bonchev–Trinajstić information content (AvgIpc) is 2.66. The highest BCUT2D eigenvalue weighted by atomic mass is 32.2. The summed E-state index contributed by atoms with van der Waals surface area (Å²) in [6.45, 7) is 8.66. The second kappa shape index (κ2) is 9.22. The number of amides is 1. The van der Waals surface area contributed by atoms with Gasteiger partial charge in [0.05, 0.1) is 5.92 Å². The SMILES string of the molecule is Cc1cccc(Sc2nccnc2N2CCC[C@H](C(=O)NCC(C)C)C2)c1. The number of nitrogens with one attached hydrogen (secondary N) is 1. The normalized spacial score (nSPS) is 17.2. The van der Waals surface area contributed by atoms with E-state index in [9.17, 15) is 4.79 Å². The second-order valence-electron chi connectivity index (χ2n) is 7.53. The molecule has 1 N–H and O–H groups in total. The molecule has 6 heteroatoms. The Balaban J connectivity index is 1.73. The largest absolute Gasteiger partial charge is 0.356 e. The molecule has 2 heterocycles. The van der Waals surface area contributed by atoms with Gasteiger partial charge >= 0.3 is 0 Å². The van der Waals surface area contributed by atoms with Crippen molar-refractivity contribution >= 4 is 23.5 Å². The lowest BCUT2D eigenvalue weighted by Gasteiger charge is -2.33. The molecule has 0 spiro atoms. The van der Waals surface area contributed by atoms with Gasteiger partial charge < -0.3 is 10.2 Å². The van der Waals surface area contributed by atoms with E-state index in [4.69, 9.17) is 0 Å². The van der Waals surface area contributed by atoms with Gasteiger partial charge in [-0.2, -0.15) is 0 Å². The minimum atomic E-state index is 0.0105. The van der Waals surface area contributed by atoms with Gasteiger partial charge in [0.15, 0.2) is 5.82 Å². The molecule has 1 amide bonds. The van der Waals surface area contributed by atoms with E-state index < -0.39 is 0 Å². The van der Waals surface area contributed by atoms with Crippen molar-refractivity contribution in [2.75, 3.05) is 24.5 Å². The molecule has 0 saturated carbocycles. The highest BCUT2D eigenvalue weighted by molar-refractivity contribution is 7.99. The Morgan fingerprint density at radius 3 is 2.93 bits per heavy atom. The highest BCUT2D eigenvalue weighted by Gasteiger charge is 2.28. The Morgan fingerprint density at radius 1 is 1.33 bits per heavy atom. The summed E-state index contributed by atoms with van der Waals surface area (Å²) >= 11 is 1.63. The van der Waals surface area contributed by atoms with Gasteiger partial charge in [-0.15, -0.1) is 0 Å². The van der Waals surface area contributed by atoms with Crippen LogP contribution in [0, 0.1) is 18.8 Å². The molecule has 3 rings (SSSR count). The summed E-state index contributed by atoms with van der Waals surface area (Å²) in [5.74, 6) is 1.51. The number of benzene rings is 1. The van der Waals surface area contributed by atoms with E-state index in [-0.39, 0.29) is 11.8 Å². The average molecular weight is 385 g/mol. The number of rotatable bonds is 6. The molecule has 0 radical (unpaired) electrons. The number of carbonyl (C=O) groups excluding carboxylic acids is 1. The van der Waals surface area contributed by atoms with Crippen molar-refractivity contribution in [2.45, 2.75) is 43.5 Å². The molecule has 2 aromatic rings. The zero-order valence-electron chi connectivity index (χ0n) is 16.3. The predicted molar refractivity (Wildman–Crippen MR) is 110 cm³/mol. The summed E-state index contributed by atoms with van der Waals surface area (Å²) in [5.41, 5.74) is 1.23. The molecular formula is C21H28N4OS. The van der Waals surface area contributed by atoms with Crippen LogP contribution in [0.4, 0.5) is 5.82 Å². The van der Waals surface area contributed by atoms with Gasteiger partial charge in [-0.25, -0.2) is 9.97 Å². The van der Waals surface area contributed by atoms with Crippen molar-refractivity contribution in [3.63, 3.8) is 0 Å². The van der Waals surface area contributed by atoms with E-state index >= 15 is 0 Å². The topological polar surface area (TPSA) is 58.1 Å². The minimum Gasteiger partial charge on any atom is -0.356 e. The number of hydrogen-bond donors (Lipinski definition) is 1. The summed E-state index contributed by atoms with van der Waals surface area (Å²) in [6, 6.07) is 8.40. The number of hydrogen-bond acceptors (Lipinski definition) is 5. The quantitative estimate of drug-likeness (QED) is 0.818. The third-order valence-corrected chi connectivity index (χ3v) is 5.60. The minimum absolute atomic E-state index is 0.0105. The van der Waals surface area contributed by atoms with Crippen LogP contribution < -0.4 is 10.2 Å². The fraction of sp³-hybridized carbons (Fsp3) is 0.476. The molecule has 1 aromatic carbocycles. The molecule has 1 aliphatic heterocycles. The maximum atomic E-state index is 12.5. The zero-order valence-corrected chi connectivity index (χ0v) is 17.1. The van der Waals surface area contributed by atoms with Crippen LogP contribution >= 0.6 is 11.8 Å². The summed E-state index contributed by atoms with van der Waals surface area (Å²) in [5, 5.41) is 3.97. The van der Waals surface area contributed by atoms with Gasteiger partial charge in [0.1, 0.15) is 5.03 Å². The summed E-state index contributed by atoms with van der Waals surface area (Å²) in [4.78, 5) is 25.0. The predicted octanol–water partition coefficient (Wildman–Crippen LogP) is 3.92. The Morgan fingerprint density at radius 2 is 2.15 bits per heavy atom. The maximum absolute atomic E-state index is 12.5. The van der Waals surface area contributed by atoms with E-state index in [0.29, 0.717) is 12.5 Å². The molecule has 1 aromatic heterocycles. The highest BCUT2D eigenvalue weighted by Crippen LogP contribution is 2.34. The van der Waals surface area contributed by atoms with Crippen LogP contribution in [-0.4, -0.2) is 35.5 Å². The van der Waals surface area contributed by atoms with Gasteiger partial charge in [-0.05, 0) is 37.8 Å². The molecule has 144 valence electrons. The number of aromatic nitrogens is 2. The fourth-order valence-corrected chi connectivity index (χ4v) is 4.23. The first kappa shape index (κ1) is 19.7. The van der Waals surface area contributed by atoms with Crippen LogP contribution in [0.5, 0.6) is 0 Å². The Kier molecular flexibility index (Phi) is 6.72. The standard InChI is InChI=1S/C21H28N4OS/c1-15(2)13-24-20(26)17-7-5-11-25(14-17)19-21(23-10-9-22-19)27-18-8-4-6-16(3)12-18/h4,6,8-10,12,15,17H,5,7,11,13-14H2,1-3H3,(H,24,26)/t17-/m0/s1. The van der Waals surface area contributed by atoms with Crippen molar-refractivity contribution in [3.8, 4) is 0 Å². The summed E-state index contributed by atoms with van der Waals surface area (Å²) in [6.07, 6.45) is 5.39. The molecule has 0 bridgehead atoms. The van der Waals surface area contributed by atoms with E-state index in [2.05, 4.69) is 65.2 Å². The van der Waals surface area contributed by atoms with Crippen LogP contribution in [0.25, 0.3) is 0 Å². The molecule has 0 aliphatic carbocycles. The first-order valence-electron chi connectivity index (χ1n) is 9.61. The zero-order chi connectivity index (χ0) is 19.2. The van der Waals surface area contributed by atoms with Crippen LogP contribution in [0.3, 0.4) is 0 Å². The number of piperidine rings is 1. The number of anilines is 1. The molecule has 5 nitrogen and oxygen atoms in total. The van der Waals surface area contributed by atoms with Crippen LogP contribution in [0.2, 0.25) is 0 Å². The van der Waals surface area contributed by atoms with E-state index in [1.54, 1.807) is 24.2 Å². The van der Waals surface area contributed by atoms with Crippen molar-refractivity contribution in [2.24, 2.45) is 11.8 Å². The fourth-order valence-electron chi connectivity index (χ4n) is 3.23. The lowest BCUT2D eigenvalue weighted by atomic mass is 9.97. The summed E-state index contributed by atoms with van der Waals surface area (Å²) in [7, 11) is 0. The Bertz CT molecular complexity index is 780. The van der Waals surface area contributed by atoms with Crippen LogP contribution in [0.1, 0.15) is 32.3 Å². The van der Waals surface area contributed by atoms with Crippen molar-refractivity contribution in [1.82, 2.24) is 15.3 Å². The number of nitrogens with zero attached hydrogens (tertiary/aromatic N) is 3. The molecule has 27 heavy (non-hydrogen) atoms. The Hall–Kier alpha value is -2.08. The van der Waals surface area contributed by atoms with Crippen LogP contribution in [-0.2, 0) is 4.79 Å². The first-order chi connectivity index (χ1) is 13.0. The van der Waals surface area contributed by atoms with Crippen molar-refractivity contribution in [3.05, 3.63) is 42.2 Å². The summed E-state index contributed by atoms with van der Waals surface area (Å²) < 4.78 is 0. The lowest BCUT2D eigenvalue weighted by Crippen LogP contribution is -2.44. The lowest BCUT2D eigenvalue weighted by molar-refractivity contribution is -0.125. The molecule has 1 aliphatic rings.